The predicted molar refractivity (Wildman–Crippen MR) is 47.3 cm³/mol. The second kappa shape index (κ2) is 7.34. The van der Waals surface area contributed by atoms with Crippen molar-refractivity contribution in [2.24, 2.45) is 0 Å². The van der Waals surface area contributed by atoms with Gasteiger partial charge in [0.05, 0.1) is 6.61 Å². The molecule has 0 saturated heterocycles. The predicted octanol–water partition coefficient (Wildman–Crippen LogP) is 1.36. The van der Waals surface area contributed by atoms with Crippen molar-refractivity contribution in [3.8, 4) is 0 Å². The summed E-state index contributed by atoms with van der Waals surface area (Å²) in [5, 5.41) is 8.21. The third-order valence-electron chi connectivity index (χ3n) is 1.26. The topological polar surface area (TPSA) is 63.6 Å². The fourth-order valence-electron chi connectivity index (χ4n) is 0.701. The van der Waals surface area contributed by atoms with Gasteiger partial charge in [-0.25, -0.2) is 4.79 Å². The van der Waals surface area contributed by atoms with Gasteiger partial charge in [0, 0.05) is 18.9 Å². The number of hydrogen-bond donors (Lipinski definition) is 1. The maximum atomic E-state index is 10.8. The van der Waals surface area contributed by atoms with E-state index in [1.807, 2.05) is 6.92 Å². The first kappa shape index (κ1) is 11.7. The van der Waals surface area contributed by atoms with E-state index >= 15 is 0 Å². The molecule has 4 heteroatoms. The fourth-order valence-corrected chi connectivity index (χ4v) is 0.701. The van der Waals surface area contributed by atoms with Crippen LogP contribution in [-0.2, 0) is 14.3 Å². The van der Waals surface area contributed by atoms with Crippen LogP contribution >= 0.6 is 0 Å². The number of hydrogen-bond acceptors (Lipinski definition) is 3. The maximum Gasteiger partial charge on any atom is 0.327 e. The lowest BCUT2D eigenvalue weighted by atomic mass is 10.3. The number of carboxylic acid groups (broad SMARTS) is 1. The summed E-state index contributed by atoms with van der Waals surface area (Å²) in [6.07, 6.45) is 4.13. The molecule has 0 aliphatic heterocycles. The molecule has 0 aromatic rings. The van der Waals surface area contributed by atoms with Crippen molar-refractivity contribution in [3.63, 3.8) is 0 Å². The van der Waals surface area contributed by atoms with Crippen LogP contribution < -0.4 is 0 Å². The van der Waals surface area contributed by atoms with E-state index in [2.05, 4.69) is 0 Å². The molecule has 0 spiro atoms. The van der Waals surface area contributed by atoms with Gasteiger partial charge in [-0.1, -0.05) is 13.0 Å². The van der Waals surface area contributed by atoms with E-state index in [0.29, 0.717) is 12.8 Å². The summed E-state index contributed by atoms with van der Waals surface area (Å²) in [5.41, 5.74) is 0. The first-order valence-electron chi connectivity index (χ1n) is 4.22. The minimum Gasteiger partial charge on any atom is -0.478 e. The van der Waals surface area contributed by atoms with E-state index in [1.54, 1.807) is 0 Å². The van der Waals surface area contributed by atoms with Gasteiger partial charge in [0.2, 0.25) is 0 Å². The SMILES string of the molecule is CCCC(=O)OCC/C=C/C(=O)O. The third-order valence-corrected chi connectivity index (χ3v) is 1.26. The normalized spacial score (nSPS) is 10.2. The summed E-state index contributed by atoms with van der Waals surface area (Å²) >= 11 is 0. The van der Waals surface area contributed by atoms with Crippen LogP contribution in [0.1, 0.15) is 26.2 Å². The zero-order valence-electron chi connectivity index (χ0n) is 7.66. The van der Waals surface area contributed by atoms with Gasteiger partial charge in [-0.3, -0.25) is 4.79 Å². The molecular weight excluding hydrogens is 172 g/mol. The Bertz CT molecular complexity index is 196. The van der Waals surface area contributed by atoms with E-state index in [1.165, 1.54) is 6.08 Å². The Morgan fingerprint density at radius 2 is 2.15 bits per heavy atom. The van der Waals surface area contributed by atoms with Crippen molar-refractivity contribution < 1.29 is 19.4 Å². The van der Waals surface area contributed by atoms with Gasteiger partial charge in [0.25, 0.3) is 0 Å². The molecule has 0 unspecified atom stereocenters. The Balaban J connectivity index is 3.35. The van der Waals surface area contributed by atoms with Crippen molar-refractivity contribution in [1.82, 2.24) is 0 Å². The van der Waals surface area contributed by atoms with E-state index in [4.69, 9.17) is 9.84 Å². The molecule has 0 amide bonds. The lowest BCUT2D eigenvalue weighted by molar-refractivity contribution is -0.143. The average Bonchev–Trinajstić information content (AvgIpc) is 2.03. The van der Waals surface area contributed by atoms with Crippen LogP contribution in [-0.4, -0.2) is 23.7 Å². The van der Waals surface area contributed by atoms with E-state index in [9.17, 15) is 9.59 Å². The molecule has 1 N–H and O–H groups in total. The molecule has 4 nitrogen and oxygen atoms in total. The monoisotopic (exact) mass is 186 g/mol. The van der Waals surface area contributed by atoms with Gasteiger partial charge in [-0.15, -0.1) is 0 Å². The van der Waals surface area contributed by atoms with Crippen molar-refractivity contribution in [1.29, 1.82) is 0 Å². The molecule has 0 atom stereocenters. The number of ether oxygens (including phenoxy) is 1. The molecule has 0 aliphatic carbocycles. The highest BCUT2D eigenvalue weighted by atomic mass is 16.5. The van der Waals surface area contributed by atoms with Crippen molar-refractivity contribution in [2.45, 2.75) is 26.2 Å². The number of esters is 1. The van der Waals surface area contributed by atoms with E-state index in [0.717, 1.165) is 12.5 Å². The summed E-state index contributed by atoms with van der Waals surface area (Å²) in [6.45, 7) is 2.15. The van der Waals surface area contributed by atoms with Gasteiger partial charge >= 0.3 is 11.9 Å². The molecule has 0 heterocycles. The van der Waals surface area contributed by atoms with Crippen LogP contribution in [0.5, 0.6) is 0 Å². The Labute approximate surface area is 77.2 Å². The summed E-state index contributed by atoms with van der Waals surface area (Å²) in [7, 11) is 0. The maximum absolute atomic E-state index is 10.8. The molecule has 0 aliphatic rings. The third kappa shape index (κ3) is 8.59. The van der Waals surface area contributed by atoms with Crippen LogP contribution in [0, 0.1) is 0 Å². The van der Waals surface area contributed by atoms with Gasteiger partial charge < -0.3 is 9.84 Å². The zero-order chi connectivity index (χ0) is 10.1. The smallest absolute Gasteiger partial charge is 0.327 e. The first-order chi connectivity index (χ1) is 6.16. The molecule has 0 saturated carbocycles. The second-order valence-corrected chi connectivity index (χ2v) is 2.50. The zero-order valence-corrected chi connectivity index (χ0v) is 7.66. The summed E-state index contributed by atoms with van der Waals surface area (Å²) in [5.74, 6) is -1.22. The molecule has 0 rings (SSSR count). The van der Waals surface area contributed by atoms with Gasteiger partial charge in [0.1, 0.15) is 0 Å². The number of carboxylic acids is 1. The van der Waals surface area contributed by atoms with Crippen molar-refractivity contribution in [2.75, 3.05) is 6.61 Å². The lowest BCUT2D eigenvalue weighted by Crippen LogP contribution is -2.04. The molecule has 0 aromatic carbocycles. The summed E-state index contributed by atoms with van der Waals surface area (Å²) < 4.78 is 4.78. The Hall–Kier alpha value is -1.32. The molecule has 0 fully saturated rings. The lowest BCUT2D eigenvalue weighted by Gasteiger charge is -1.99. The van der Waals surface area contributed by atoms with Gasteiger partial charge in [0.15, 0.2) is 0 Å². The summed E-state index contributed by atoms with van der Waals surface area (Å²) in [4.78, 5) is 20.8. The quantitative estimate of drug-likeness (QED) is 0.386. The van der Waals surface area contributed by atoms with Gasteiger partial charge in [-0.2, -0.15) is 0 Å². The molecular formula is C9H14O4. The van der Waals surface area contributed by atoms with E-state index in [-0.39, 0.29) is 12.6 Å². The Kier molecular flexibility index (Phi) is 6.59. The Morgan fingerprint density at radius 1 is 1.46 bits per heavy atom. The molecule has 0 aromatic heterocycles. The second-order valence-electron chi connectivity index (χ2n) is 2.50. The number of aliphatic carboxylic acids is 1. The minimum atomic E-state index is -0.986. The van der Waals surface area contributed by atoms with Crippen molar-refractivity contribution in [3.05, 3.63) is 12.2 Å². The summed E-state index contributed by atoms with van der Waals surface area (Å²) in [6, 6.07) is 0. The number of carbonyl (C=O) groups is 2. The van der Waals surface area contributed by atoms with Gasteiger partial charge in [-0.05, 0) is 6.42 Å². The Morgan fingerprint density at radius 3 is 2.69 bits per heavy atom. The van der Waals surface area contributed by atoms with Crippen LogP contribution in [0.15, 0.2) is 12.2 Å². The largest absolute Gasteiger partial charge is 0.478 e. The molecule has 0 bridgehead atoms. The van der Waals surface area contributed by atoms with E-state index < -0.39 is 5.97 Å². The van der Waals surface area contributed by atoms with Crippen LogP contribution in [0.3, 0.4) is 0 Å². The first-order valence-corrected chi connectivity index (χ1v) is 4.22. The standard InChI is InChI=1S/C9H14O4/c1-2-5-9(12)13-7-4-3-6-8(10)11/h3,6H,2,4-5,7H2,1H3,(H,10,11)/b6-3+. The van der Waals surface area contributed by atoms with Crippen molar-refractivity contribution >= 4 is 11.9 Å². The molecule has 0 radical (unpaired) electrons. The average molecular weight is 186 g/mol. The fraction of sp³-hybridized carbons (Fsp3) is 0.556. The molecule has 74 valence electrons. The highest BCUT2D eigenvalue weighted by molar-refractivity contribution is 5.79. The highest BCUT2D eigenvalue weighted by Gasteiger charge is 1.98. The number of carbonyl (C=O) groups excluding carboxylic acids is 1. The molecule has 13 heavy (non-hydrogen) atoms. The van der Waals surface area contributed by atoms with Crippen LogP contribution in [0.4, 0.5) is 0 Å². The van der Waals surface area contributed by atoms with Crippen LogP contribution in [0.2, 0.25) is 0 Å². The number of rotatable bonds is 6. The highest BCUT2D eigenvalue weighted by Crippen LogP contribution is 1.93. The van der Waals surface area contributed by atoms with Crippen LogP contribution in [0.25, 0.3) is 0 Å². The minimum absolute atomic E-state index is 0.230.